The standard InChI is InChI=1S/C13H16FN5/c1-2-12(9-3-4-9)16-13-7-10(5-6-11(13)14)19-8-15-17-18-19/h5-9,12,16H,2-4H2,1H3. The summed E-state index contributed by atoms with van der Waals surface area (Å²) in [6.45, 7) is 2.12. The normalized spacial score (nSPS) is 16.3. The van der Waals surface area contributed by atoms with Crippen LogP contribution in [0.4, 0.5) is 10.1 Å². The van der Waals surface area contributed by atoms with Crippen LogP contribution in [0.15, 0.2) is 24.5 Å². The summed E-state index contributed by atoms with van der Waals surface area (Å²) in [6.07, 6.45) is 4.97. The highest BCUT2D eigenvalue weighted by Gasteiger charge is 2.30. The minimum atomic E-state index is -0.240. The van der Waals surface area contributed by atoms with E-state index in [-0.39, 0.29) is 5.82 Å². The van der Waals surface area contributed by atoms with Gasteiger partial charge in [0.2, 0.25) is 0 Å². The molecule has 5 nitrogen and oxygen atoms in total. The van der Waals surface area contributed by atoms with Crippen molar-refractivity contribution in [2.75, 3.05) is 5.32 Å². The Morgan fingerprint density at radius 3 is 2.95 bits per heavy atom. The number of halogens is 1. The third-order valence-electron chi connectivity index (χ3n) is 3.54. The lowest BCUT2D eigenvalue weighted by Crippen LogP contribution is -2.21. The topological polar surface area (TPSA) is 55.6 Å². The molecule has 2 aromatic rings. The number of nitrogens with zero attached hydrogens (tertiary/aromatic N) is 4. The van der Waals surface area contributed by atoms with Crippen molar-refractivity contribution < 1.29 is 4.39 Å². The average Bonchev–Trinajstić information content (AvgIpc) is 3.12. The maximum Gasteiger partial charge on any atom is 0.146 e. The molecule has 6 heteroatoms. The lowest BCUT2D eigenvalue weighted by Gasteiger charge is -2.18. The molecule has 0 spiro atoms. The summed E-state index contributed by atoms with van der Waals surface area (Å²) < 4.78 is 15.4. The lowest BCUT2D eigenvalue weighted by atomic mass is 10.1. The predicted octanol–water partition coefficient (Wildman–Crippen LogP) is 2.40. The van der Waals surface area contributed by atoms with Gasteiger partial charge in [-0.3, -0.25) is 0 Å². The molecular weight excluding hydrogens is 245 g/mol. The second-order valence-corrected chi connectivity index (χ2v) is 4.92. The zero-order chi connectivity index (χ0) is 13.2. The number of tetrazole rings is 1. The fraction of sp³-hybridized carbons (Fsp3) is 0.462. The fourth-order valence-electron chi connectivity index (χ4n) is 2.30. The van der Waals surface area contributed by atoms with Gasteiger partial charge in [-0.1, -0.05) is 6.92 Å². The Labute approximate surface area is 110 Å². The maximum absolute atomic E-state index is 13.9. The largest absolute Gasteiger partial charge is 0.380 e. The van der Waals surface area contributed by atoms with Gasteiger partial charge in [-0.25, -0.2) is 9.07 Å². The molecule has 0 aliphatic heterocycles. The molecular formula is C13H16FN5. The predicted molar refractivity (Wildman–Crippen MR) is 69.5 cm³/mol. The number of aromatic nitrogens is 4. The molecule has 1 saturated carbocycles. The van der Waals surface area contributed by atoms with Crippen LogP contribution in [-0.4, -0.2) is 26.2 Å². The van der Waals surface area contributed by atoms with Gasteiger partial charge in [0.05, 0.1) is 11.4 Å². The van der Waals surface area contributed by atoms with Crippen molar-refractivity contribution in [2.24, 2.45) is 5.92 Å². The third kappa shape index (κ3) is 2.57. The van der Waals surface area contributed by atoms with Crippen molar-refractivity contribution in [1.82, 2.24) is 20.2 Å². The summed E-state index contributed by atoms with van der Waals surface area (Å²) in [5.74, 6) is 0.442. The van der Waals surface area contributed by atoms with Crippen molar-refractivity contribution in [3.8, 4) is 5.69 Å². The summed E-state index contributed by atoms with van der Waals surface area (Å²) in [6, 6.07) is 5.20. The Kier molecular flexibility index (Phi) is 3.15. The first-order valence-corrected chi connectivity index (χ1v) is 6.57. The first-order chi connectivity index (χ1) is 9.28. The van der Waals surface area contributed by atoms with Crippen LogP contribution in [0.3, 0.4) is 0 Å². The molecule has 0 radical (unpaired) electrons. The zero-order valence-corrected chi connectivity index (χ0v) is 10.8. The average molecular weight is 261 g/mol. The van der Waals surface area contributed by atoms with Gasteiger partial charge in [0.1, 0.15) is 12.1 Å². The van der Waals surface area contributed by atoms with Gasteiger partial charge < -0.3 is 5.32 Å². The van der Waals surface area contributed by atoms with Crippen molar-refractivity contribution in [2.45, 2.75) is 32.2 Å². The van der Waals surface area contributed by atoms with Gasteiger partial charge in [0.25, 0.3) is 0 Å². The fourth-order valence-corrected chi connectivity index (χ4v) is 2.30. The summed E-state index contributed by atoms with van der Waals surface area (Å²) in [4.78, 5) is 0. The Morgan fingerprint density at radius 1 is 1.47 bits per heavy atom. The number of anilines is 1. The molecule has 1 heterocycles. The maximum atomic E-state index is 13.9. The second kappa shape index (κ2) is 4.95. The van der Waals surface area contributed by atoms with Crippen molar-refractivity contribution in [3.63, 3.8) is 0 Å². The monoisotopic (exact) mass is 261 g/mol. The minimum Gasteiger partial charge on any atom is -0.380 e. The molecule has 1 aromatic carbocycles. The molecule has 0 saturated heterocycles. The minimum absolute atomic E-state index is 0.240. The van der Waals surface area contributed by atoms with Gasteiger partial charge in [-0.05, 0) is 53.8 Å². The number of rotatable bonds is 5. The summed E-state index contributed by atoms with van der Waals surface area (Å²) in [7, 11) is 0. The first kappa shape index (κ1) is 12.1. The van der Waals surface area contributed by atoms with Crippen LogP contribution in [0, 0.1) is 11.7 Å². The third-order valence-corrected chi connectivity index (χ3v) is 3.54. The van der Waals surface area contributed by atoms with E-state index in [2.05, 4.69) is 27.8 Å². The van der Waals surface area contributed by atoms with Crippen molar-refractivity contribution in [1.29, 1.82) is 0 Å². The van der Waals surface area contributed by atoms with E-state index >= 15 is 0 Å². The van der Waals surface area contributed by atoms with Gasteiger partial charge in [0, 0.05) is 6.04 Å². The molecule has 19 heavy (non-hydrogen) atoms. The van der Waals surface area contributed by atoms with E-state index in [1.807, 2.05) is 0 Å². The Morgan fingerprint density at radius 2 is 2.32 bits per heavy atom. The van der Waals surface area contributed by atoms with Gasteiger partial charge in [-0.15, -0.1) is 5.10 Å². The highest BCUT2D eigenvalue weighted by atomic mass is 19.1. The smallest absolute Gasteiger partial charge is 0.146 e. The highest BCUT2D eigenvalue weighted by molar-refractivity contribution is 5.52. The molecule has 1 atom stereocenters. The van der Waals surface area contributed by atoms with Crippen molar-refractivity contribution >= 4 is 5.69 Å². The van der Waals surface area contributed by atoms with Gasteiger partial charge in [-0.2, -0.15) is 0 Å². The number of benzene rings is 1. The molecule has 3 rings (SSSR count). The Bertz CT molecular complexity index is 550. The lowest BCUT2D eigenvalue weighted by molar-refractivity contribution is 0.593. The Balaban J connectivity index is 1.85. The molecule has 1 N–H and O–H groups in total. The van der Waals surface area contributed by atoms with Crippen LogP contribution in [-0.2, 0) is 0 Å². The zero-order valence-electron chi connectivity index (χ0n) is 10.8. The number of nitrogens with one attached hydrogen (secondary N) is 1. The molecule has 1 aliphatic rings. The van der Waals surface area contributed by atoms with E-state index in [0.29, 0.717) is 17.6 Å². The number of hydrogen-bond donors (Lipinski definition) is 1. The SMILES string of the molecule is CCC(Nc1cc(-n2cnnn2)ccc1F)C1CC1. The quantitative estimate of drug-likeness (QED) is 0.898. The first-order valence-electron chi connectivity index (χ1n) is 6.57. The van der Waals surface area contributed by atoms with Gasteiger partial charge in [0.15, 0.2) is 0 Å². The molecule has 0 amide bonds. The molecule has 100 valence electrons. The van der Waals surface area contributed by atoms with E-state index in [1.165, 1.54) is 29.9 Å². The number of hydrogen-bond acceptors (Lipinski definition) is 4. The molecule has 1 aliphatic carbocycles. The van der Waals surface area contributed by atoms with Crippen LogP contribution in [0.2, 0.25) is 0 Å². The molecule has 0 bridgehead atoms. The molecule has 1 unspecified atom stereocenters. The highest BCUT2D eigenvalue weighted by Crippen LogP contribution is 2.36. The van der Waals surface area contributed by atoms with E-state index in [4.69, 9.17) is 0 Å². The summed E-state index contributed by atoms with van der Waals surface area (Å²) >= 11 is 0. The van der Waals surface area contributed by atoms with Crippen LogP contribution >= 0.6 is 0 Å². The van der Waals surface area contributed by atoms with E-state index < -0.39 is 0 Å². The van der Waals surface area contributed by atoms with Crippen LogP contribution in [0.1, 0.15) is 26.2 Å². The van der Waals surface area contributed by atoms with E-state index in [1.54, 1.807) is 12.1 Å². The summed E-state index contributed by atoms with van der Waals surface area (Å²) in [5.41, 5.74) is 1.27. The molecule has 1 aromatic heterocycles. The Hall–Kier alpha value is -1.98. The second-order valence-electron chi connectivity index (χ2n) is 4.92. The van der Waals surface area contributed by atoms with E-state index in [0.717, 1.165) is 12.1 Å². The van der Waals surface area contributed by atoms with Crippen molar-refractivity contribution in [3.05, 3.63) is 30.3 Å². The van der Waals surface area contributed by atoms with Crippen LogP contribution in [0.25, 0.3) is 5.69 Å². The molecule has 1 fully saturated rings. The van der Waals surface area contributed by atoms with E-state index in [9.17, 15) is 4.39 Å². The van der Waals surface area contributed by atoms with Crippen LogP contribution in [0.5, 0.6) is 0 Å². The van der Waals surface area contributed by atoms with Gasteiger partial charge >= 0.3 is 0 Å². The summed E-state index contributed by atoms with van der Waals surface area (Å²) in [5, 5.41) is 14.3. The van der Waals surface area contributed by atoms with Crippen LogP contribution < -0.4 is 5.32 Å².